The first kappa shape index (κ1) is 11.2. The molecule has 1 atom stereocenters. The normalized spacial score (nSPS) is 12.8. The molecule has 0 bridgehead atoms. The van der Waals surface area contributed by atoms with E-state index in [1.54, 1.807) is 6.92 Å². The number of aliphatic hydroxyl groups is 1. The van der Waals surface area contributed by atoms with E-state index in [4.69, 9.17) is 0 Å². The highest BCUT2D eigenvalue weighted by Crippen LogP contribution is 2.11. The molecule has 0 aromatic heterocycles. The maximum absolute atomic E-state index is 11.0. The first-order valence-corrected chi connectivity index (χ1v) is 4.04. The van der Waals surface area contributed by atoms with E-state index in [9.17, 15) is 9.90 Å². The highest BCUT2D eigenvalue weighted by atomic mass is 16.5. The van der Waals surface area contributed by atoms with Crippen molar-refractivity contribution < 1.29 is 14.6 Å². The van der Waals surface area contributed by atoms with Crippen molar-refractivity contribution in [2.75, 3.05) is 6.61 Å². The topological polar surface area (TPSA) is 46.5 Å². The van der Waals surface area contributed by atoms with Crippen LogP contribution in [0, 0.1) is 5.92 Å². The summed E-state index contributed by atoms with van der Waals surface area (Å²) in [7, 11) is 0. The molecule has 0 radical (unpaired) electrons. The number of hydrogen-bond acceptors (Lipinski definition) is 3. The maximum Gasteiger partial charge on any atom is 0.336 e. The van der Waals surface area contributed by atoms with Gasteiger partial charge < -0.3 is 9.84 Å². The summed E-state index contributed by atoms with van der Waals surface area (Å²) in [4.78, 5) is 11.0. The van der Waals surface area contributed by atoms with Gasteiger partial charge in [0.15, 0.2) is 0 Å². The second-order valence-corrected chi connectivity index (χ2v) is 2.93. The summed E-state index contributed by atoms with van der Waals surface area (Å²) in [5.41, 5.74) is 0.131. The molecule has 0 aliphatic heterocycles. The van der Waals surface area contributed by atoms with Gasteiger partial charge in [-0.15, -0.1) is 0 Å². The monoisotopic (exact) mass is 172 g/mol. The van der Waals surface area contributed by atoms with E-state index in [2.05, 4.69) is 11.3 Å². The Hall–Kier alpha value is -0.830. The lowest BCUT2D eigenvalue weighted by molar-refractivity contribution is -0.139. The van der Waals surface area contributed by atoms with Gasteiger partial charge in [0.2, 0.25) is 0 Å². The van der Waals surface area contributed by atoms with E-state index < -0.39 is 12.1 Å². The lowest BCUT2D eigenvalue weighted by Crippen LogP contribution is -2.23. The van der Waals surface area contributed by atoms with Crippen molar-refractivity contribution in [1.82, 2.24) is 0 Å². The van der Waals surface area contributed by atoms with Gasteiger partial charge in [-0.2, -0.15) is 0 Å². The van der Waals surface area contributed by atoms with Gasteiger partial charge >= 0.3 is 5.97 Å². The lowest BCUT2D eigenvalue weighted by atomic mass is 10.0. The van der Waals surface area contributed by atoms with Crippen molar-refractivity contribution in [3.8, 4) is 0 Å². The Morgan fingerprint density at radius 2 is 2.08 bits per heavy atom. The van der Waals surface area contributed by atoms with Crippen molar-refractivity contribution in [1.29, 1.82) is 0 Å². The average molecular weight is 172 g/mol. The van der Waals surface area contributed by atoms with Crippen LogP contribution in [0.5, 0.6) is 0 Å². The standard InChI is InChI=1S/C9H16O3/c1-5-12-9(11)7(4)8(10)6(2)3/h6,8,10H,4-5H2,1-3H3/t8-/m0/s1. The number of carbonyl (C=O) groups excluding carboxylic acids is 1. The van der Waals surface area contributed by atoms with Crippen LogP contribution in [-0.4, -0.2) is 23.8 Å². The first-order valence-electron chi connectivity index (χ1n) is 4.04. The summed E-state index contributed by atoms with van der Waals surface area (Å²) in [5, 5.41) is 9.39. The molecule has 0 rings (SSSR count). The molecular weight excluding hydrogens is 156 g/mol. The minimum Gasteiger partial charge on any atom is -0.463 e. The highest BCUT2D eigenvalue weighted by molar-refractivity contribution is 5.88. The lowest BCUT2D eigenvalue weighted by Gasteiger charge is -2.15. The summed E-state index contributed by atoms with van der Waals surface area (Å²) < 4.78 is 4.68. The van der Waals surface area contributed by atoms with Gasteiger partial charge in [0, 0.05) is 0 Å². The molecular formula is C9H16O3. The number of esters is 1. The minimum absolute atomic E-state index is 0.0121. The van der Waals surface area contributed by atoms with Crippen LogP contribution in [0.15, 0.2) is 12.2 Å². The molecule has 0 heterocycles. The van der Waals surface area contributed by atoms with E-state index >= 15 is 0 Å². The zero-order valence-corrected chi connectivity index (χ0v) is 7.83. The minimum atomic E-state index is -0.802. The van der Waals surface area contributed by atoms with Gasteiger partial charge in [-0.25, -0.2) is 4.79 Å². The third-order valence-electron chi connectivity index (χ3n) is 1.53. The van der Waals surface area contributed by atoms with Crippen molar-refractivity contribution in [3.63, 3.8) is 0 Å². The van der Waals surface area contributed by atoms with Crippen LogP contribution < -0.4 is 0 Å². The first-order chi connectivity index (χ1) is 5.50. The molecule has 3 nitrogen and oxygen atoms in total. The molecule has 0 aliphatic carbocycles. The zero-order valence-electron chi connectivity index (χ0n) is 7.83. The molecule has 0 unspecified atom stereocenters. The summed E-state index contributed by atoms with van der Waals surface area (Å²) >= 11 is 0. The van der Waals surface area contributed by atoms with Crippen LogP contribution in [0.25, 0.3) is 0 Å². The summed E-state index contributed by atoms with van der Waals surface area (Å²) in [6, 6.07) is 0. The van der Waals surface area contributed by atoms with Gasteiger partial charge in [-0.05, 0) is 12.8 Å². The zero-order chi connectivity index (χ0) is 9.72. The van der Waals surface area contributed by atoms with Crippen LogP contribution in [0.2, 0.25) is 0 Å². The second kappa shape index (κ2) is 4.93. The fourth-order valence-electron chi connectivity index (χ4n) is 0.747. The van der Waals surface area contributed by atoms with Crippen LogP contribution >= 0.6 is 0 Å². The van der Waals surface area contributed by atoms with Gasteiger partial charge in [0.1, 0.15) is 0 Å². The summed E-state index contributed by atoms with van der Waals surface area (Å²) in [5.74, 6) is -0.527. The Balaban J connectivity index is 4.10. The molecule has 0 aromatic rings. The smallest absolute Gasteiger partial charge is 0.336 e. The van der Waals surface area contributed by atoms with Gasteiger partial charge in [0.05, 0.1) is 18.3 Å². The predicted molar refractivity (Wildman–Crippen MR) is 46.6 cm³/mol. The molecule has 0 saturated carbocycles. The second-order valence-electron chi connectivity index (χ2n) is 2.93. The van der Waals surface area contributed by atoms with E-state index in [-0.39, 0.29) is 11.5 Å². The van der Waals surface area contributed by atoms with Crippen molar-refractivity contribution in [2.24, 2.45) is 5.92 Å². The molecule has 0 spiro atoms. The van der Waals surface area contributed by atoms with Crippen LogP contribution in [-0.2, 0) is 9.53 Å². The summed E-state index contributed by atoms with van der Waals surface area (Å²) in [6.07, 6.45) is -0.802. The van der Waals surface area contributed by atoms with E-state index in [0.717, 1.165) is 0 Å². The molecule has 12 heavy (non-hydrogen) atoms. The average Bonchev–Trinajstić information content (AvgIpc) is 2.02. The van der Waals surface area contributed by atoms with Gasteiger partial charge in [0.25, 0.3) is 0 Å². The predicted octanol–water partition coefficient (Wildman–Crippen LogP) is 1.12. The highest BCUT2D eigenvalue weighted by Gasteiger charge is 2.19. The number of carbonyl (C=O) groups is 1. The van der Waals surface area contributed by atoms with Crippen LogP contribution in [0.4, 0.5) is 0 Å². The number of aliphatic hydroxyl groups excluding tert-OH is 1. The largest absolute Gasteiger partial charge is 0.463 e. The van der Waals surface area contributed by atoms with Crippen molar-refractivity contribution >= 4 is 5.97 Å². The maximum atomic E-state index is 11.0. The van der Waals surface area contributed by atoms with Crippen molar-refractivity contribution in [3.05, 3.63) is 12.2 Å². The van der Waals surface area contributed by atoms with E-state index in [1.165, 1.54) is 0 Å². The van der Waals surface area contributed by atoms with Crippen LogP contribution in [0.1, 0.15) is 20.8 Å². The molecule has 3 heteroatoms. The number of rotatable bonds is 4. The molecule has 0 saturated heterocycles. The number of ether oxygens (including phenoxy) is 1. The van der Waals surface area contributed by atoms with Gasteiger partial charge in [-0.1, -0.05) is 20.4 Å². The Labute approximate surface area is 73.0 Å². The third-order valence-corrected chi connectivity index (χ3v) is 1.53. The third kappa shape index (κ3) is 3.05. The summed E-state index contributed by atoms with van der Waals surface area (Å²) in [6.45, 7) is 9.12. The Morgan fingerprint density at radius 3 is 2.42 bits per heavy atom. The SMILES string of the molecule is C=C(C(=O)OCC)[C@@H](O)C(C)C. The molecule has 0 aliphatic rings. The van der Waals surface area contributed by atoms with Crippen LogP contribution in [0.3, 0.4) is 0 Å². The molecule has 0 aromatic carbocycles. The molecule has 70 valence electrons. The Kier molecular flexibility index (Phi) is 4.59. The van der Waals surface area contributed by atoms with E-state index in [1.807, 2.05) is 13.8 Å². The van der Waals surface area contributed by atoms with Crippen molar-refractivity contribution in [2.45, 2.75) is 26.9 Å². The molecule has 1 N–H and O–H groups in total. The quantitative estimate of drug-likeness (QED) is 0.510. The molecule has 0 amide bonds. The molecule has 0 fully saturated rings. The fraction of sp³-hybridized carbons (Fsp3) is 0.667. The number of hydrogen-bond donors (Lipinski definition) is 1. The fourth-order valence-corrected chi connectivity index (χ4v) is 0.747. The van der Waals surface area contributed by atoms with E-state index in [0.29, 0.717) is 6.61 Å². The Morgan fingerprint density at radius 1 is 1.58 bits per heavy atom. The van der Waals surface area contributed by atoms with Gasteiger partial charge in [-0.3, -0.25) is 0 Å². The Bertz CT molecular complexity index is 173.